The second kappa shape index (κ2) is 7.72. The van der Waals surface area contributed by atoms with E-state index < -0.39 is 6.43 Å². The molecule has 2 rings (SSSR count). The summed E-state index contributed by atoms with van der Waals surface area (Å²) in [6, 6.07) is 7.37. The van der Waals surface area contributed by atoms with Crippen molar-refractivity contribution >= 4 is 29.1 Å². The van der Waals surface area contributed by atoms with E-state index in [-0.39, 0.29) is 22.1 Å². The highest BCUT2D eigenvalue weighted by Gasteiger charge is 2.14. The molecule has 0 heterocycles. The van der Waals surface area contributed by atoms with Crippen molar-refractivity contribution in [2.45, 2.75) is 16.2 Å². The van der Waals surface area contributed by atoms with Gasteiger partial charge in [0.25, 0.3) is 6.43 Å². The van der Waals surface area contributed by atoms with Crippen LogP contribution in [0.5, 0.6) is 11.5 Å². The van der Waals surface area contributed by atoms with Gasteiger partial charge in [-0.1, -0.05) is 23.4 Å². The second-order valence-electron chi connectivity index (χ2n) is 4.45. The molecule has 0 unspecified atom stereocenters. The van der Waals surface area contributed by atoms with Crippen LogP contribution in [-0.2, 0) is 4.84 Å². The summed E-state index contributed by atoms with van der Waals surface area (Å²) < 4.78 is 30.8. The van der Waals surface area contributed by atoms with Crippen LogP contribution in [0.3, 0.4) is 0 Å². The van der Waals surface area contributed by atoms with E-state index in [1.807, 2.05) is 0 Å². The van der Waals surface area contributed by atoms with E-state index >= 15 is 0 Å². The first-order valence-corrected chi connectivity index (χ1v) is 7.60. The summed E-state index contributed by atoms with van der Waals surface area (Å²) in [5.74, 6) is 0.115. The molecule has 2 aromatic carbocycles. The number of ether oxygens (including phenoxy) is 1. The van der Waals surface area contributed by atoms with E-state index in [4.69, 9.17) is 21.2 Å². The molecule has 0 aliphatic heterocycles. The van der Waals surface area contributed by atoms with Crippen molar-refractivity contribution in [1.29, 1.82) is 0 Å². The van der Waals surface area contributed by atoms with Gasteiger partial charge >= 0.3 is 0 Å². The number of phenolic OH excluding ortho intramolecular Hbond substituents is 1. The van der Waals surface area contributed by atoms with Crippen molar-refractivity contribution in [3.63, 3.8) is 0 Å². The van der Waals surface area contributed by atoms with E-state index in [1.54, 1.807) is 18.2 Å². The summed E-state index contributed by atoms with van der Waals surface area (Å²) in [4.78, 5) is 5.99. The van der Waals surface area contributed by atoms with Crippen molar-refractivity contribution in [3.8, 4) is 11.5 Å². The van der Waals surface area contributed by atoms with Gasteiger partial charge in [-0.25, -0.2) is 8.78 Å². The fourth-order valence-electron chi connectivity index (χ4n) is 1.89. The molecular formula is C15H14ClF2NO3S. The Labute approximate surface area is 141 Å². The molecular weight excluding hydrogens is 348 g/mol. The topological polar surface area (TPSA) is 50.7 Å². The Morgan fingerprint density at radius 1 is 1.13 bits per heavy atom. The van der Waals surface area contributed by atoms with Crippen LogP contribution in [0.4, 0.5) is 14.5 Å². The molecule has 0 saturated carbocycles. The second-order valence-corrected chi connectivity index (χ2v) is 6.03. The minimum atomic E-state index is -2.60. The van der Waals surface area contributed by atoms with Gasteiger partial charge in [0.2, 0.25) is 0 Å². The number of nitrogens with one attached hydrogen (secondary N) is 1. The maximum absolute atomic E-state index is 12.9. The van der Waals surface area contributed by atoms with Crippen LogP contribution >= 0.6 is 23.4 Å². The Morgan fingerprint density at radius 3 is 2.43 bits per heavy atom. The molecule has 4 nitrogen and oxygen atoms in total. The summed E-state index contributed by atoms with van der Waals surface area (Å²) in [7, 11) is 2.81. The van der Waals surface area contributed by atoms with Gasteiger partial charge in [0.15, 0.2) is 11.5 Å². The Balaban J connectivity index is 2.38. The van der Waals surface area contributed by atoms with Crippen LogP contribution in [0.1, 0.15) is 12.0 Å². The molecule has 2 aromatic rings. The highest BCUT2D eigenvalue weighted by atomic mass is 35.5. The van der Waals surface area contributed by atoms with Crippen LogP contribution < -0.4 is 10.2 Å². The van der Waals surface area contributed by atoms with Gasteiger partial charge in [-0.2, -0.15) is 0 Å². The highest BCUT2D eigenvalue weighted by molar-refractivity contribution is 7.99. The maximum atomic E-state index is 12.9. The Morgan fingerprint density at radius 2 is 1.83 bits per heavy atom. The first-order valence-electron chi connectivity index (χ1n) is 6.41. The molecule has 23 heavy (non-hydrogen) atoms. The molecule has 124 valence electrons. The molecule has 0 amide bonds. The third-order valence-corrected chi connectivity index (χ3v) is 4.02. The first kappa shape index (κ1) is 17.7. The molecule has 0 aliphatic rings. The largest absolute Gasteiger partial charge is 0.503 e. The van der Waals surface area contributed by atoms with E-state index in [2.05, 4.69) is 5.48 Å². The molecule has 0 saturated heterocycles. The average molecular weight is 362 g/mol. The van der Waals surface area contributed by atoms with Crippen molar-refractivity contribution in [2.75, 3.05) is 19.7 Å². The zero-order valence-corrected chi connectivity index (χ0v) is 13.8. The monoisotopic (exact) mass is 361 g/mol. The number of benzene rings is 2. The van der Waals surface area contributed by atoms with Gasteiger partial charge in [-0.15, -0.1) is 0 Å². The van der Waals surface area contributed by atoms with Crippen LogP contribution in [-0.4, -0.2) is 19.3 Å². The molecule has 0 spiro atoms. The molecule has 0 aliphatic carbocycles. The molecule has 0 aromatic heterocycles. The number of hydrogen-bond donors (Lipinski definition) is 2. The number of alkyl halides is 2. The number of anilines is 1. The van der Waals surface area contributed by atoms with Gasteiger partial charge in [-0.3, -0.25) is 10.3 Å². The van der Waals surface area contributed by atoms with Gasteiger partial charge in [0.05, 0.1) is 14.2 Å². The standard InChI is InChI=1S/C15H14ClF2NO3S/c1-21-13-7-11(6-12(14(13)20)19-22-2)23-10-4-8(15(17)18)3-9(16)5-10/h3-7,15,19-20H,1-2H3. The van der Waals surface area contributed by atoms with E-state index in [0.29, 0.717) is 15.5 Å². The number of phenols is 1. The summed E-state index contributed by atoms with van der Waals surface area (Å²) in [5.41, 5.74) is 2.67. The molecule has 8 heteroatoms. The van der Waals surface area contributed by atoms with Crippen LogP contribution in [0, 0.1) is 0 Å². The smallest absolute Gasteiger partial charge is 0.263 e. The lowest BCUT2D eigenvalue weighted by Gasteiger charge is -2.13. The third kappa shape index (κ3) is 4.40. The molecule has 0 fully saturated rings. The number of aromatic hydroxyl groups is 1. The number of methoxy groups -OCH3 is 1. The van der Waals surface area contributed by atoms with E-state index in [1.165, 1.54) is 38.1 Å². The minimum Gasteiger partial charge on any atom is -0.503 e. The van der Waals surface area contributed by atoms with E-state index in [0.717, 1.165) is 0 Å². The maximum Gasteiger partial charge on any atom is 0.263 e. The predicted molar refractivity (Wildman–Crippen MR) is 85.8 cm³/mol. The Kier molecular flexibility index (Phi) is 5.92. The Bertz CT molecular complexity index is 701. The van der Waals surface area contributed by atoms with Crippen molar-refractivity contribution in [3.05, 3.63) is 40.9 Å². The van der Waals surface area contributed by atoms with Crippen LogP contribution in [0.2, 0.25) is 5.02 Å². The predicted octanol–water partition coefficient (Wildman–Crippen LogP) is 5.12. The molecule has 0 radical (unpaired) electrons. The Hall–Kier alpha value is -1.70. The van der Waals surface area contributed by atoms with Gasteiger partial charge in [0.1, 0.15) is 5.69 Å². The van der Waals surface area contributed by atoms with Crippen molar-refractivity contribution in [1.82, 2.24) is 0 Å². The third-order valence-electron chi connectivity index (χ3n) is 2.86. The molecule has 0 bridgehead atoms. The molecule has 2 N–H and O–H groups in total. The first-order chi connectivity index (χ1) is 10.9. The van der Waals surface area contributed by atoms with Crippen LogP contribution in [0.25, 0.3) is 0 Å². The summed E-state index contributed by atoms with van der Waals surface area (Å²) in [6.45, 7) is 0. The fourth-order valence-corrected chi connectivity index (χ4v) is 3.19. The van der Waals surface area contributed by atoms with Gasteiger partial charge in [-0.05, 0) is 30.3 Å². The number of rotatable bonds is 6. The minimum absolute atomic E-state index is 0.113. The lowest BCUT2D eigenvalue weighted by atomic mass is 10.2. The lowest BCUT2D eigenvalue weighted by Crippen LogP contribution is -1.97. The van der Waals surface area contributed by atoms with Gasteiger partial charge in [0, 0.05) is 20.4 Å². The number of hydrogen-bond acceptors (Lipinski definition) is 5. The number of halogens is 3. The zero-order valence-electron chi connectivity index (χ0n) is 12.3. The van der Waals surface area contributed by atoms with Crippen molar-refractivity contribution < 1.29 is 23.5 Å². The molecule has 0 atom stereocenters. The summed E-state index contributed by atoms with van der Waals surface area (Å²) in [5, 5.41) is 10.2. The summed E-state index contributed by atoms with van der Waals surface area (Å²) in [6.07, 6.45) is -2.60. The quantitative estimate of drug-likeness (QED) is 0.552. The zero-order chi connectivity index (χ0) is 17.0. The summed E-state index contributed by atoms with van der Waals surface area (Å²) >= 11 is 7.09. The van der Waals surface area contributed by atoms with Crippen molar-refractivity contribution in [2.24, 2.45) is 0 Å². The highest BCUT2D eigenvalue weighted by Crippen LogP contribution is 2.41. The average Bonchev–Trinajstić information content (AvgIpc) is 2.50. The lowest BCUT2D eigenvalue weighted by molar-refractivity contribution is 0.151. The van der Waals surface area contributed by atoms with Gasteiger partial charge < -0.3 is 9.84 Å². The SMILES string of the molecule is CONc1cc(Sc2cc(Cl)cc(C(F)F)c2)cc(OC)c1O. The normalized spacial score (nSPS) is 10.9. The van der Waals surface area contributed by atoms with E-state index in [9.17, 15) is 13.9 Å². The fraction of sp³-hybridized carbons (Fsp3) is 0.200. The van der Waals surface area contributed by atoms with Crippen LogP contribution in [0.15, 0.2) is 40.1 Å².